The molecule has 0 spiro atoms. The fraction of sp³-hybridized carbons (Fsp3) is 0.400. The van der Waals surface area contributed by atoms with E-state index in [9.17, 15) is 19.2 Å². The van der Waals surface area contributed by atoms with Crippen molar-refractivity contribution in [2.24, 2.45) is 0 Å². The van der Waals surface area contributed by atoms with Gasteiger partial charge >= 0.3 is 12.1 Å². The number of hydrogen-bond acceptors (Lipinski definition) is 6. The molecule has 2 rings (SSSR count). The first-order valence-electron chi connectivity index (χ1n) is 8.83. The zero-order chi connectivity index (χ0) is 20.9. The summed E-state index contributed by atoms with van der Waals surface area (Å²) < 4.78 is 10.3. The van der Waals surface area contributed by atoms with Gasteiger partial charge in [0.05, 0.1) is 0 Å². The molecule has 0 bridgehead atoms. The van der Waals surface area contributed by atoms with Crippen LogP contribution in [-0.2, 0) is 19.1 Å². The Hall–Kier alpha value is -3.16. The second-order valence-corrected chi connectivity index (χ2v) is 7.16. The second-order valence-electron chi connectivity index (χ2n) is 7.16. The van der Waals surface area contributed by atoms with Gasteiger partial charge in [0.25, 0.3) is 11.8 Å². The number of ether oxygens (including phenoxy) is 2. The molecule has 8 heteroatoms. The Morgan fingerprint density at radius 2 is 1.82 bits per heavy atom. The van der Waals surface area contributed by atoms with Gasteiger partial charge in [-0.05, 0) is 32.9 Å². The molecule has 0 aromatic heterocycles. The van der Waals surface area contributed by atoms with Gasteiger partial charge in [-0.15, -0.1) is 0 Å². The molecule has 0 radical (unpaired) electrons. The van der Waals surface area contributed by atoms with Crippen LogP contribution in [0.5, 0.6) is 0 Å². The zero-order valence-electron chi connectivity index (χ0n) is 16.2. The summed E-state index contributed by atoms with van der Waals surface area (Å²) in [5, 5.41) is 0. The van der Waals surface area contributed by atoms with Crippen LogP contribution in [0.2, 0.25) is 0 Å². The molecule has 0 aliphatic carbocycles. The summed E-state index contributed by atoms with van der Waals surface area (Å²) in [6, 6.07) is 6.63. The quantitative estimate of drug-likeness (QED) is 0.339. The van der Waals surface area contributed by atoms with Crippen LogP contribution in [0.4, 0.5) is 4.79 Å². The maximum absolute atomic E-state index is 13.0. The van der Waals surface area contributed by atoms with Crippen LogP contribution in [-0.4, -0.2) is 65.0 Å². The average molecular weight is 388 g/mol. The highest BCUT2D eigenvalue weighted by Gasteiger charge is 2.46. The third-order valence-electron chi connectivity index (χ3n) is 3.84. The molecule has 1 heterocycles. The summed E-state index contributed by atoms with van der Waals surface area (Å²) in [5.74, 6) is -2.32. The van der Waals surface area contributed by atoms with Gasteiger partial charge in [0.2, 0.25) is 6.04 Å². The maximum atomic E-state index is 13.0. The van der Waals surface area contributed by atoms with Crippen molar-refractivity contribution < 1.29 is 28.7 Å². The van der Waals surface area contributed by atoms with Gasteiger partial charge in [0.1, 0.15) is 12.2 Å². The van der Waals surface area contributed by atoms with Crippen molar-refractivity contribution in [1.82, 2.24) is 9.80 Å². The average Bonchev–Trinajstić information content (AvgIpc) is 2.64. The molecule has 150 valence electrons. The van der Waals surface area contributed by atoms with Crippen LogP contribution in [0.15, 0.2) is 43.0 Å². The Morgan fingerprint density at radius 3 is 2.39 bits per heavy atom. The van der Waals surface area contributed by atoms with Crippen LogP contribution < -0.4 is 0 Å². The number of carbonyl (C=O) groups excluding carboxylic acids is 4. The minimum absolute atomic E-state index is 0.0485. The normalized spacial score (nSPS) is 17.1. The molecule has 1 aromatic rings. The van der Waals surface area contributed by atoms with E-state index in [4.69, 9.17) is 9.47 Å². The lowest BCUT2D eigenvalue weighted by atomic mass is 10.1. The van der Waals surface area contributed by atoms with Gasteiger partial charge in [0, 0.05) is 18.7 Å². The van der Waals surface area contributed by atoms with E-state index in [1.54, 1.807) is 51.1 Å². The lowest BCUT2D eigenvalue weighted by Gasteiger charge is -2.38. The first-order chi connectivity index (χ1) is 13.2. The fourth-order valence-electron chi connectivity index (χ4n) is 2.63. The first-order valence-corrected chi connectivity index (χ1v) is 8.83. The molecule has 0 saturated carbocycles. The number of carbonyl (C=O) groups is 4. The van der Waals surface area contributed by atoms with Crippen LogP contribution >= 0.6 is 0 Å². The Morgan fingerprint density at radius 1 is 1.18 bits per heavy atom. The molecule has 1 aliphatic rings. The summed E-state index contributed by atoms with van der Waals surface area (Å²) in [5.41, 5.74) is -0.507. The topological polar surface area (TPSA) is 93.2 Å². The molecule has 1 atom stereocenters. The van der Waals surface area contributed by atoms with Gasteiger partial charge in [-0.25, -0.2) is 9.59 Å². The van der Waals surface area contributed by atoms with E-state index in [0.717, 1.165) is 9.80 Å². The largest absolute Gasteiger partial charge is 0.460 e. The molecule has 1 saturated heterocycles. The molecular formula is C20H24N2O6. The molecule has 28 heavy (non-hydrogen) atoms. The van der Waals surface area contributed by atoms with Crippen LogP contribution in [0.25, 0.3) is 0 Å². The number of piperazine rings is 1. The SMILES string of the molecule is C=CCOC(=O)C1C(=O)N(C(=O)c2ccccc2)CCN1C(=O)OC(C)(C)C. The van der Waals surface area contributed by atoms with Crippen molar-refractivity contribution in [3.05, 3.63) is 48.6 Å². The smallest absolute Gasteiger partial charge is 0.411 e. The highest BCUT2D eigenvalue weighted by atomic mass is 16.6. The molecule has 1 aliphatic heterocycles. The van der Waals surface area contributed by atoms with E-state index < -0.39 is 35.5 Å². The summed E-state index contributed by atoms with van der Waals surface area (Å²) in [6.45, 7) is 8.24. The maximum Gasteiger partial charge on any atom is 0.411 e. The lowest BCUT2D eigenvalue weighted by Crippen LogP contribution is -2.63. The lowest BCUT2D eigenvalue weighted by molar-refractivity contribution is -0.158. The third-order valence-corrected chi connectivity index (χ3v) is 3.84. The van der Waals surface area contributed by atoms with E-state index in [1.165, 1.54) is 6.08 Å². The van der Waals surface area contributed by atoms with Crippen molar-refractivity contribution in [1.29, 1.82) is 0 Å². The third kappa shape index (κ3) is 4.97. The number of imide groups is 1. The van der Waals surface area contributed by atoms with Crippen LogP contribution in [0.3, 0.4) is 0 Å². The number of rotatable bonds is 4. The summed E-state index contributed by atoms with van der Waals surface area (Å²) >= 11 is 0. The van der Waals surface area contributed by atoms with Crippen LogP contribution in [0, 0.1) is 0 Å². The van der Waals surface area contributed by atoms with Gasteiger partial charge in [0.15, 0.2) is 0 Å². The monoisotopic (exact) mass is 388 g/mol. The number of esters is 1. The minimum Gasteiger partial charge on any atom is -0.460 e. The van der Waals surface area contributed by atoms with E-state index >= 15 is 0 Å². The first kappa shape index (κ1) is 21.1. The van der Waals surface area contributed by atoms with Gasteiger partial charge in [-0.2, -0.15) is 0 Å². The Labute approximate surface area is 163 Å². The van der Waals surface area contributed by atoms with Gasteiger partial charge in [-0.1, -0.05) is 30.9 Å². The molecule has 1 aromatic carbocycles. The Kier molecular flexibility index (Phi) is 6.56. The molecule has 1 fully saturated rings. The molecule has 1 unspecified atom stereocenters. The fourth-order valence-corrected chi connectivity index (χ4v) is 2.63. The van der Waals surface area contributed by atoms with E-state index in [1.807, 2.05) is 0 Å². The van der Waals surface area contributed by atoms with Crippen molar-refractivity contribution in [3.63, 3.8) is 0 Å². The molecule has 3 amide bonds. The van der Waals surface area contributed by atoms with Gasteiger partial charge < -0.3 is 9.47 Å². The van der Waals surface area contributed by atoms with Crippen LogP contribution in [0.1, 0.15) is 31.1 Å². The Balaban J connectivity index is 2.29. The molecular weight excluding hydrogens is 364 g/mol. The van der Waals surface area contributed by atoms with Crippen molar-refractivity contribution in [2.75, 3.05) is 19.7 Å². The summed E-state index contributed by atoms with van der Waals surface area (Å²) in [7, 11) is 0. The van der Waals surface area contributed by atoms with Crippen molar-refractivity contribution in [2.45, 2.75) is 32.4 Å². The second kappa shape index (κ2) is 8.69. The zero-order valence-corrected chi connectivity index (χ0v) is 16.2. The minimum atomic E-state index is -1.60. The summed E-state index contributed by atoms with van der Waals surface area (Å²) in [6.07, 6.45) is 0.517. The molecule has 8 nitrogen and oxygen atoms in total. The standard InChI is InChI=1S/C20H24N2O6/c1-5-13-27-18(25)15-17(24)22(16(23)14-9-7-6-8-10-14)12-11-21(15)19(26)28-20(2,3)4/h5-10,15H,1,11-13H2,2-4H3. The van der Waals surface area contributed by atoms with Crippen molar-refractivity contribution >= 4 is 23.9 Å². The van der Waals surface area contributed by atoms with E-state index in [2.05, 4.69) is 6.58 Å². The van der Waals surface area contributed by atoms with E-state index in [0.29, 0.717) is 5.56 Å². The Bertz CT molecular complexity index is 769. The van der Waals surface area contributed by atoms with Gasteiger partial charge in [-0.3, -0.25) is 19.4 Å². The predicted octanol–water partition coefficient (Wildman–Crippen LogP) is 2.00. The number of nitrogens with zero attached hydrogens (tertiary/aromatic N) is 2. The highest BCUT2D eigenvalue weighted by molar-refractivity contribution is 6.13. The number of amides is 3. The highest BCUT2D eigenvalue weighted by Crippen LogP contribution is 2.20. The summed E-state index contributed by atoms with van der Waals surface area (Å²) in [4.78, 5) is 52.6. The van der Waals surface area contributed by atoms with Crippen molar-refractivity contribution in [3.8, 4) is 0 Å². The number of benzene rings is 1. The van der Waals surface area contributed by atoms with E-state index in [-0.39, 0.29) is 19.7 Å². The predicted molar refractivity (Wildman–Crippen MR) is 100 cm³/mol. The molecule has 0 N–H and O–H groups in total. The number of hydrogen-bond donors (Lipinski definition) is 0.